The van der Waals surface area contributed by atoms with Crippen LogP contribution in [-0.2, 0) is 11.4 Å². The molecule has 2 N–H and O–H groups in total. The van der Waals surface area contributed by atoms with Gasteiger partial charge in [-0.05, 0) is 52.2 Å². The molecule has 2 aromatic carbocycles. The van der Waals surface area contributed by atoms with E-state index >= 15 is 0 Å². The van der Waals surface area contributed by atoms with Gasteiger partial charge >= 0.3 is 0 Å². The number of carbonyl (C=O) groups excluding carboxylic acids is 1. The molecule has 0 saturated carbocycles. The number of primary amides is 1. The molecule has 0 aromatic heterocycles. The van der Waals surface area contributed by atoms with Crippen LogP contribution in [0.5, 0.6) is 11.5 Å². The maximum absolute atomic E-state index is 11.2. The van der Waals surface area contributed by atoms with Crippen LogP contribution in [-0.4, -0.2) is 13.0 Å². The fraction of sp³-hybridized carbons (Fsp3) is 0.158. The molecule has 0 spiro atoms. The molecule has 0 fully saturated rings. The molecule has 0 aliphatic carbocycles. The van der Waals surface area contributed by atoms with E-state index in [1.807, 2.05) is 31.2 Å². The first-order valence-electron chi connectivity index (χ1n) is 7.42. The monoisotopic (exact) mass is 400 g/mol. The molecule has 1 amide bonds. The average Bonchev–Trinajstić information content (AvgIpc) is 2.59. The Hall–Kier alpha value is -2.78. The average molecular weight is 401 g/mol. The Balaban J connectivity index is 2.29. The van der Waals surface area contributed by atoms with Crippen LogP contribution in [0, 0.1) is 18.3 Å². The highest BCUT2D eigenvalue weighted by molar-refractivity contribution is 9.10. The van der Waals surface area contributed by atoms with Crippen molar-refractivity contribution >= 4 is 27.9 Å². The molecule has 0 atom stereocenters. The van der Waals surface area contributed by atoms with Crippen molar-refractivity contribution < 1.29 is 14.3 Å². The Labute approximate surface area is 154 Å². The van der Waals surface area contributed by atoms with Crippen molar-refractivity contribution in [1.82, 2.24) is 0 Å². The molecule has 0 aliphatic rings. The quantitative estimate of drug-likeness (QED) is 0.590. The molecule has 128 valence electrons. The Kier molecular flexibility index (Phi) is 6.20. The zero-order valence-electron chi connectivity index (χ0n) is 13.9. The number of nitrogens with two attached hydrogens (primary N) is 1. The van der Waals surface area contributed by atoms with Gasteiger partial charge in [0.1, 0.15) is 18.2 Å². The molecule has 0 aliphatic heterocycles. The number of benzene rings is 2. The van der Waals surface area contributed by atoms with Crippen molar-refractivity contribution in [2.45, 2.75) is 13.5 Å². The smallest absolute Gasteiger partial charge is 0.259 e. The number of aryl methyl sites for hydroxylation is 1. The predicted molar refractivity (Wildman–Crippen MR) is 99.0 cm³/mol. The first-order chi connectivity index (χ1) is 11.9. The summed E-state index contributed by atoms with van der Waals surface area (Å²) in [4.78, 5) is 11.2. The van der Waals surface area contributed by atoms with Gasteiger partial charge in [0.25, 0.3) is 5.91 Å². The molecule has 0 heterocycles. The normalized spacial score (nSPS) is 10.9. The zero-order chi connectivity index (χ0) is 18.4. The number of methoxy groups -OCH3 is 1. The van der Waals surface area contributed by atoms with Gasteiger partial charge in [0.15, 0.2) is 11.5 Å². The third-order valence-corrected chi connectivity index (χ3v) is 4.04. The van der Waals surface area contributed by atoms with Gasteiger partial charge in [-0.3, -0.25) is 4.79 Å². The highest BCUT2D eigenvalue weighted by atomic mass is 79.9. The largest absolute Gasteiger partial charge is 0.493 e. The lowest BCUT2D eigenvalue weighted by Crippen LogP contribution is -2.12. The lowest BCUT2D eigenvalue weighted by molar-refractivity contribution is -0.114. The summed E-state index contributed by atoms with van der Waals surface area (Å²) >= 11 is 3.44. The second-order valence-corrected chi connectivity index (χ2v) is 6.20. The third-order valence-electron chi connectivity index (χ3n) is 3.45. The van der Waals surface area contributed by atoms with Crippen molar-refractivity contribution in [2.24, 2.45) is 5.73 Å². The Morgan fingerprint density at radius 1 is 1.32 bits per heavy atom. The molecule has 2 aromatic rings. The van der Waals surface area contributed by atoms with Crippen LogP contribution in [0.1, 0.15) is 16.7 Å². The lowest BCUT2D eigenvalue weighted by atomic mass is 10.1. The van der Waals surface area contributed by atoms with Gasteiger partial charge in [-0.1, -0.05) is 29.8 Å². The van der Waals surface area contributed by atoms with Crippen LogP contribution in [0.25, 0.3) is 6.08 Å². The molecule has 2 rings (SSSR count). The van der Waals surface area contributed by atoms with Crippen molar-refractivity contribution in [3.8, 4) is 17.6 Å². The number of rotatable bonds is 6. The molecule has 5 nitrogen and oxygen atoms in total. The number of nitrogens with zero attached hydrogens (tertiary/aromatic N) is 1. The minimum absolute atomic E-state index is 0.137. The predicted octanol–water partition coefficient (Wildman–Crippen LogP) is 3.74. The number of hydrogen-bond acceptors (Lipinski definition) is 4. The summed E-state index contributed by atoms with van der Waals surface area (Å²) in [6, 6.07) is 13.2. The van der Waals surface area contributed by atoms with Crippen LogP contribution >= 0.6 is 15.9 Å². The third kappa shape index (κ3) is 4.85. The van der Waals surface area contributed by atoms with Crippen LogP contribution in [0.2, 0.25) is 0 Å². The van der Waals surface area contributed by atoms with Gasteiger partial charge in [0.05, 0.1) is 11.6 Å². The minimum Gasteiger partial charge on any atom is -0.493 e. The van der Waals surface area contributed by atoms with Gasteiger partial charge in [-0.2, -0.15) is 5.26 Å². The topological polar surface area (TPSA) is 85.3 Å². The summed E-state index contributed by atoms with van der Waals surface area (Å²) in [7, 11) is 1.52. The van der Waals surface area contributed by atoms with Crippen molar-refractivity contribution in [1.29, 1.82) is 5.26 Å². The first-order valence-corrected chi connectivity index (χ1v) is 8.21. The molecular formula is C19H17BrN2O3. The van der Waals surface area contributed by atoms with Gasteiger partial charge in [0, 0.05) is 0 Å². The van der Waals surface area contributed by atoms with Crippen molar-refractivity contribution in [3.63, 3.8) is 0 Å². The number of halogens is 1. The Morgan fingerprint density at radius 3 is 2.56 bits per heavy atom. The Bertz CT molecular complexity index is 852. The SMILES string of the molecule is COc1cc(C=C(C#N)C(N)=O)cc(Br)c1OCc1ccc(C)cc1. The summed E-state index contributed by atoms with van der Waals surface area (Å²) in [5.74, 6) is 0.240. The second-order valence-electron chi connectivity index (χ2n) is 5.34. The van der Waals surface area contributed by atoms with Crippen LogP contribution in [0.4, 0.5) is 0 Å². The molecule has 0 radical (unpaired) electrons. The summed E-state index contributed by atoms with van der Waals surface area (Å²) in [5.41, 5.74) is 7.83. The fourth-order valence-electron chi connectivity index (χ4n) is 2.13. The van der Waals surface area contributed by atoms with E-state index in [4.69, 9.17) is 20.5 Å². The molecule has 0 bridgehead atoms. The second kappa shape index (κ2) is 8.36. The van der Waals surface area contributed by atoms with Crippen LogP contribution < -0.4 is 15.2 Å². The van der Waals surface area contributed by atoms with E-state index in [0.29, 0.717) is 28.1 Å². The number of nitriles is 1. The van der Waals surface area contributed by atoms with E-state index in [-0.39, 0.29) is 5.57 Å². The maximum Gasteiger partial charge on any atom is 0.259 e. The summed E-state index contributed by atoms with van der Waals surface area (Å²) in [6.45, 7) is 2.41. The standard InChI is InChI=1S/C19H17BrN2O3/c1-12-3-5-13(6-4-12)11-25-18-16(20)8-14(9-17(18)24-2)7-15(10-21)19(22)23/h3-9H,11H2,1-2H3,(H2,22,23). The Morgan fingerprint density at radius 2 is 2.00 bits per heavy atom. The van der Waals surface area contributed by atoms with E-state index < -0.39 is 5.91 Å². The highest BCUT2D eigenvalue weighted by Crippen LogP contribution is 2.37. The summed E-state index contributed by atoms with van der Waals surface area (Å²) < 4.78 is 11.9. The first kappa shape index (κ1) is 18.6. The number of hydrogen-bond donors (Lipinski definition) is 1. The van der Waals surface area contributed by atoms with E-state index in [2.05, 4.69) is 15.9 Å². The van der Waals surface area contributed by atoms with Gasteiger partial charge in [-0.25, -0.2) is 0 Å². The van der Waals surface area contributed by atoms with E-state index in [9.17, 15) is 4.79 Å². The van der Waals surface area contributed by atoms with Crippen LogP contribution in [0.3, 0.4) is 0 Å². The molecule has 0 saturated heterocycles. The minimum atomic E-state index is -0.780. The maximum atomic E-state index is 11.2. The van der Waals surface area contributed by atoms with Gasteiger partial charge < -0.3 is 15.2 Å². The number of amides is 1. The van der Waals surface area contributed by atoms with Crippen molar-refractivity contribution in [2.75, 3.05) is 7.11 Å². The summed E-state index contributed by atoms with van der Waals surface area (Å²) in [5, 5.41) is 8.95. The van der Waals surface area contributed by atoms with Crippen LogP contribution in [0.15, 0.2) is 46.4 Å². The van der Waals surface area contributed by atoms with E-state index in [1.165, 1.54) is 18.7 Å². The lowest BCUT2D eigenvalue weighted by Gasteiger charge is -2.14. The number of ether oxygens (including phenoxy) is 2. The molecular weight excluding hydrogens is 384 g/mol. The summed E-state index contributed by atoms with van der Waals surface area (Å²) in [6.07, 6.45) is 1.40. The number of carbonyl (C=O) groups is 1. The highest BCUT2D eigenvalue weighted by Gasteiger charge is 2.13. The fourth-order valence-corrected chi connectivity index (χ4v) is 2.70. The molecule has 6 heteroatoms. The van der Waals surface area contributed by atoms with Gasteiger partial charge in [0.2, 0.25) is 0 Å². The van der Waals surface area contributed by atoms with E-state index in [1.54, 1.807) is 18.2 Å². The van der Waals surface area contributed by atoms with E-state index in [0.717, 1.165) is 5.56 Å². The zero-order valence-corrected chi connectivity index (χ0v) is 15.5. The van der Waals surface area contributed by atoms with Gasteiger partial charge in [-0.15, -0.1) is 0 Å². The molecule has 25 heavy (non-hydrogen) atoms. The van der Waals surface area contributed by atoms with Crippen molar-refractivity contribution in [3.05, 3.63) is 63.1 Å². The molecule has 0 unspecified atom stereocenters.